The SMILES string of the molecule is COC(=O)Cn1ccc(NC(=O)C2(N)CCCCC2)n1. The molecule has 1 saturated carbocycles. The molecule has 2 rings (SSSR count). The topological polar surface area (TPSA) is 99.2 Å². The molecule has 0 saturated heterocycles. The van der Waals surface area contributed by atoms with Crippen LogP contribution in [0.2, 0.25) is 0 Å². The Labute approximate surface area is 117 Å². The summed E-state index contributed by atoms with van der Waals surface area (Å²) in [6, 6.07) is 1.63. The third-order valence-corrected chi connectivity index (χ3v) is 3.60. The highest BCUT2D eigenvalue weighted by Crippen LogP contribution is 2.26. The van der Waals surface area contributed by atoms with Gasteiger partial charge in [0.1, 0.15) is 6.54 Å². The fraction of sp³-hybridized carbons (Fsp3) is 0.615. The van der Waals surface area contributed by atoms with Crippen molar-refractivity contribution in [3.63, 3.8) is 0 Å². The molecule has 1 aliphatic rings. The first-order valence-corrected chi connectivity index (χ1v) is 6.74. The maximum Gasteiger partial charge on any atom is 0.327 e. The molecule has 110 valence electrons. The Morgan fingerprint density at radius 1 is 1.45 bits per heavy atom. The molecule has 3 N–H and O–H groups in total. The van der Waals surface area contributed by atoms with Crippen LogP contribution >= 0.6 is 0 Å². The Kier molecular flexibility index (Phi) is 4.39. The number of aromatic nitrogens is 2. The van der Waals surface area contributed by atoms with E-state index >= 15 is 0 Å². The van der Waals surface area contributed by atoms with Gasteiger partial charge in [-0.05, 0) is 12.8 Å². The van der Waals surface area contributed by atoms with Crippen LogP contribution in [0, 0.1) is 0 Å². The van der Waals surface area contributed by atoms with E-state index in [9.17, 15) is 9.59 Å². The number of hydrogen-bond donors (Lipinski definition) is 2. The second-order valence-electron chi connectivity index (χ2n) is 5.15. The third kappa shape index (κ3) is 3.36. The van der Waals surface area contributed by atoms with E-state index in [2.05, 4.69) is 15.2 Å². The number of carbonyl (C=O) groups is 2. The van der Waals surface area contributed by atoms with Crippen LogP contribution in [-0.2, 0) is 20.9 Å². The molecule has 1 amide bonds. The molecule has 1 heterocycles. The molecule has 20 heavy (non-hydrogen) atoms. The zero-order valence-corrected chi connectivity index (χ0v) is 11.6. The summed E-state index contributed by atoms with van der Waals surface area (Å²) in [5.74, 6) is -0.205. The van der Waals surface area contributed by atoms with Crippen molar-refractivity contribution in [1.29, 1.82) is 0 Å². The average molecular weight is 280 g/mol. The number of methoxy groups -OCH3 is 1. The van der Waals surface area contributed by atoms with E-state index in [1.807, 2.05) is 0 Å². The van der Waals surface area contributed by atoms with E-state index in [4.69, 9.17) is 5.73 Å². The van der Waals surface area contributed by atoms with Crippen molar-refractivity contribution in [3.05, 3.63) is 12.3 Å². The smallest absolute Gasteiger partial charge is 0.327 e. The normalized spacial score (nSPS) is 17.5. The van der Waals surface area contributed by atoms with E-state index < -0.39 is 11.5 Å². The van der Waals surface area contributed by atoms with Crippen molar-refractivity contribution in [2.45, 2.75) is 44.2 Å². The molecule has 0 bridgehead atoms. The van der Waals surface area contributed by atoms with Crippen molar-refractivity contribution >= 4 is 17.7 Å². The molecule has 1 aromatic rings. The number of amides is 1. The molecule has 0 aliphatic heterocycles. The van der Waals surface area contributed by atoms with Crippen LogP contribution in [0.1, 0.15) is 32.1 Å². The van der Waals surface area contributed by atoms with Crippen LogP contribution in [0.5, 0.6) is 0 Å². The predicted octanol–water partition coefficient (Wildman–Crippen LogP) is 0.656. The predicted molar refractivity (Wildman–Crippen MR) is 72.9 cm³/mol. The van der Waals surface area contributed by atoms with Crippen molar-refractivity contribution < 1.29 is 14.3 Å². The first-order valence-electron chi connectivity index (χ1n) is 6.74. The van der Waals surface area contributed by atoms with Crippen LogP contribution in [0.4, 0.5) is 5.82 Å². The summed E-state index contributed by atoms with van der Waals surface area (Å²) in [6.07, 6.45) is 6.07. The lowest BCUT2D eigenvalue weighted by Crippen LogP contribution is -2.52. The lowest BCUT2D eigenvalue weighted by Gasteiger charge is -2.31. The number of anilines is 1. The number of esters is 1. The van der Waals surface area contributed by atoms with E-state index in [0.717, 1.165) is 19.3 Å². The van der Waals surface area contributed by atoms with Gasteiger partial charge in [-0.25, -0.2) is 0 Å². The molecule has 7 nitrogen and oxygen atoms in total. The van der Waals surface area contributed by atoms with E-state index in [1.165, 1.54) is 11.8 Å². The van der Waals surface area contributed by atoms with Gasteiger partial charge in [-0.3, -0.25) is 14.3 Å². The fourth-order valence-corrected chi connectivity index (χ4v) is 2.36. The first kappa shape index (κ1) is 14.5. The fourth-order valence-electron chi connectivity index (χ4n) is 2.36. The molecule has 0 aromatic carbocycles. The second kappa shape index (κ2) is 6.04. The molecule has 0 radical (unpaired) electrons. The number of nitrogens with zero attached hydrogens (tertiary/aromatic N) is 2. The van der Waals surface area contributed by atoms with Crippen LogP contribution in [0.25, 0.3) is 0 Å². The van der Waals surface area contributed by atoms with Crippen LogP contribution in [0.3, 0.4) is 0 Å². The van der Waals surface area contributed by atoms with Gasteiger partial charge in [0, 0.05) is 12.3 Å². The summed E-state index contributed by atoms with van der Waals surface area (Å²) in [4.78, 5) is 23.3. The lowest BCUT2D eigenvalue weighted by atomic mass is 9.82. The second-order valence-corrected chi connectivity index (χ2v) is 5.15. The lowest BCUT2D eigenvalue weighted by molar-refractivity contribution is -0.141. The zero-order chi connectivity index (χ0) is 14.6. The van der Waals surface area contributed by atoms with Gasteiger partial charge in [0.05, 0.1) is 12.6 Å². The summed E-state index contributed by atoms with van der Waals surface area (Å²) in [6.45, 7) is 0.0140. The number of nitrogens with one attached hydrogen (secondary N) is 1. The Bertz CT molecular complexity index is 492. The van der Waals surface area contributed by atoms with Crippen LogP contribution in [-0.4, -0.2) is 34.3 Å². The minimum absolute atomic E-state index is 0.0140. The summed E-state index contributed by atoms with van der Waals surface area (Å²) in [5, 5.41) is 6.81. The number of rotatable bonds is 4. The molecule has 0 spiro atoms. The van der Waals surface area contributed by atoms with Gasteiger partial charge < -0.3 is 15.8 Å². The molecular formula is C13H20N4O3. The first-order chi connectivity index (χ1) is 9.53. The van der Waals surface area contributed by atoms with Gasteiger partial charge in [-0.1, -0.05) is 19.3 Å². The number of ether oxygens (including phenoxy) is 1. The van der Waals surface area contributed by atoms with Crippen molar-refractivity contribution in [1.82, 2.24) is 9.78 Å². The van der Waals surface area contributed by atoms with Crippen molar-refractivity contribution in [2.75, 3.05) is 12.4 Å². The minimum atomic E-state index is -0.801. The van der Waals surface area contributed by atoms with Gasteiger partial charge in [-0.2, -0.15) is 5.10 Å². The van der Waals surface area contributed by atoms with Gasteiger partial charge >= 0.3 is 5.97 Å². The Hall–Kier alpha value is -1.89. The highest BCUT2D eigenvalue weighted by atomic mass is 16.5. The summed E-state index contributed by atoms with van der Waals surface area (Å²) < 4.78 is 5.96. The minimum Gasteiger partial charge on any atom is -0.468 e. The Morgan fingerprint density at radius 2 is 2.15 bits per heavy atom. The van der Waals surface area contributed by atoms with Gasteiger partial charge in [-0.15, -0.1) is 0 Å². The molecule has 1 aliphatic carbocycles. The molecule has 0 atom stereocenters. The standard InChI is InChI=1S/C13H20N4O3/c1-20-11(18)9-17-8-5-10(16-17)15-12(19)13(14)6-3-2-4-7-13/h5,8H,2-4,6-7,9,14H2,1H3,(H,15,16,19). The Balaban J connectivity index is 1.96. The monoisotopic (exact) mass is 280 g/mol. The van der Waals surface area contributed by atoms with Crippen molar-refractivity contribution in [2.24, 2.45) is 5.73 Å². The Morgan fingerprint density at radius 3 is 2.80 bits per heavy atom. The zero-order valence-electron chi connectivity index (χ0n) is 11.6. The number of hydrogen-bond acceptors (Lipinski definition) is 5. The molecule has 7 heteroatoms. The van der Waals surface area contributed by atoms with Crippen LogP contribution in [0.15, 0.2) is 12.3 Å². The van der Waals surface area contributed by atoms with Gasteiger partial charge in [0.15, 0.2) is 5.82 Å². The van der Waals surface area contributed by atoms with Crippen molar-refractivity contribution in [3.8, 4) is 0 Å². The van der Waals surface area contributed by atoms with Crippen LogP contribution < -0.4 is 11.1 Å². The maximum absolute atomic E-state index is 12.2. The van der Waals surface area contributed by atoms with E-state index in [1.54, 1.807) is 12.3 Å². The van der Waals surface area contributed by atoms with E-state index in [-0.39, 0.29) is 12.5 Å². The molecule has 0 unspecified atom stereocenters. The molecule has 1 fully saturated rings. The molecular weight excluding hydrogens is 260 g/mol. The highest BCUT2D eigenvalue weighted by molar-refractivity contribution is 5.97. The quantitative estimate of drug-likeness (QED) is 0.789. The van der Waals surface area contributed by atoms with E-state index in [0.29, 0.717) is 18.7 Å². The maximum atomic E-state index is 12.2. The summed E-state index contributed by atoms with van der Waals surface area (Å²) in [7, 11) is 1.32. The summed E-state index contributed by atoms with van der Waals surface area (Å²) >= 11 is 0. The largest absolute Gasteiger partial charge is 0.468 e. The number of nitrogens with two attached hydrogens (primary N) is 1. The highest BCUT2D eigenvalue weighted by Gasteiger charge is 2.35. The summed E-state index contributed by atoms with van der Waals surface area (Å²) in [5.41, 5.74) is 5.34. The third-order valence-electron chi connectivity index (χ3n) is 3.60. The molecule has 1 aromatic heterocycles. The van der Waals surface area contributed by atoms with Gasteiger partial charge in [0.25, 0.3) is 0 Å². The van der Waals surface area contributed by atoms with Gasteiger partial charge in [0.2, 0.25) is 5.91 Å². The number of carbonyl (C=O) groups excluding carboxylic acids is 2. The average Bonchev–Trinajstić information content (AvgIpc) is 2.86.